The van der Waals surface area contributed by atoms with Crippen molar-refractivity contribution in [2.24, 2.45) is 0 Å². The quantitative estimate of drug-likeness (QED) is 0.780. The number of carbonyl (C=O) groups excluding carboxylic acids is 2. The van der Waals surface area contributed by atoms with Gasteiger partial charge in [-0.2, -0.15) is 0 Å². The first-order valence-corrected chi connectivity index (χ1v) is 6.04. The number of rotatable bonds is 6. The fraction of sp³-hybridized carbons (Fsp3) is 0.429. The van der Waals surface area contributed by atoms with Gasteiger partial charge in [-0.1, -0.05) is 30.3 Å². The highest BCUT2D eigenvalue weighted by molar-refractivity contribution is 5.83. The number of ether oxygens (including phenoxy) is 1. The fourth-order valence-corrected chi connectivity index (χ4v) is 1.65. The smallest absolute Gasteiger partial charge is 0.328 e. The van der Waals surface area contributed by atoms with Crippen LogP contribution in [0.5, 0.6) is 0 Å². The molecule has 18 heavy (non-hydrogen) atoms. The molecule has 0 aliphatic rings. The number of benzene rings is 1. The van der Waals surface area contributed by atoms with Crippen molar-refractivity contribution >= 4 is 11.9 Å². The maximum absolute atomic E-state index is 11.5. The molecule has 0 fully saturated rings. The van der Waals surface area contributed by atoms with Crippen LogP contribution in [0.3, 0.4) is 0 Å². The van der Waals surface area contributed by atoms with Crippen molar-refractivity contribution in [1.29, 1.82) is 0 Å². The summed E-state index contributed by atoms with van der Waals surface area (Å²) in [4.78, 5) is 22.7. The Morgan fingerprint density at radius 3 is 2.56 bits per heavy atom. The van der Waals surface area contributed by atoms with Crippen LogP contribution in [0.15, 0.2) is 30.3 Å². The lowest BCUT2D eigenvalue weighted by Gasteiger charge is -2.11. The average molecular weight is 249 g/mol. The highest BCUT2D eigenvalue weighted by atomic mass is 16.5. The first-order chi connectivity index (χ1) is 8.63. The first kappa shape index (κ1) is 14.2. The lowest BCUT2D eigenvalue weighted by Crippen LogP contribution is -2.39. The Morgan fingerprint density at radius 1 is 1.28 bits per heavy atom. The van der Waals surface area contributed by atoms with E-state index < -0.39 is 12.0 Å². The molecule has 0 aromatic heterocycles. The van der Waals surface area contributed by atoms with E-state index in [0.29, 0.717) is 6.42 Å². The Kier molecular flexibility index (Phi) is 5.91. The summed E-state index contributed by atoms with van der Waals surface area (Å²) < 4.78 is 4.53. The van der Waals surface area contributed by atoms with Gasteiger partial charge in [0, 0.05) is 6.42 Å². The van der Waals surface area contributed by atoms with Gasteiger partial charge in [-0.05, 0) is 25.3 Å². The predicted molar refractivity (Wildman–Crippen MR) is 69.0 cm³/mol. The molecule has 0 spiro atoms. The van der Waals surface area contributed by atoms with E-state index in [1.807, 2.05) is 30.3 Å². The van der Waals surface area contributed by atoms with Gasteiger partial charge in [0.15, 0.2) is 0 Å². The SMILES string of the molecule is COC(=O)[C@H](C)NC(=O)CCCc1ccccc1. The first-order valence-electron chi connectivity index (χ1n) is 6.04. The van der Waals surface area contributed by atoms with Crippen molar-refractivity contribution in [2.45, 2.75) is 32.2 Å². The molecule has 1 atom stereocenters. The number of amides is 1. The maximum Gasteiger partial charge on any atom is 0.328 e. The Labute approximate surface area is 107 Å². The van der Waals surface area contributed by atoms with E-state index in [4.69, 9.17) is 0 Å². The van der Waals surface area contributed by atoms with Crippen molar-refractivity contribution in [3.63, 3.8) is 0 Å². The normalized spacial score (nSPS) is 11.7. The maximum atomic E-state index is 11.5. The van der Waals surface area contributed by atoms with Gasteiger partial charge in [-0.15, -0.1) is 0 Å². The van der Waals surface area contributed by atoms with Gasteiger partial charge in [0.2, 0.25) is 5.91 Å². The molecule has 0 bridgehead atoms. The second kappa shape index (κ2) is 7.48. The summed E-state index contributed by atoms with van der Waals surface area (Å²) in [6.45, 7) is 1.61. The third-order valence-electron chi connectivity index (χ3n) is 2.64. The Bertz CT molecular complexity index is 389. The average Bonchev–Trinajstić information content (AvgIpc) is 2.38. The minimum atomic E-state index is -0.584. The van der Waals surface area contributed by atoms with E-state index in [-0.39, 0.29) is 5.91 Å². The molecule has 0 saturated heterocycles. The summed E-state index contributed by atoms with van der Waals surface area (Å²) in [6.07, 6.45) is 2.04. The molecular weight excluding hydrogens is 230 g/mol. The molecule has 0 heterocycles. The molecule has 4 nitrogen and oxygen atoms in total. The number of nitrogens with one attached hydrogen (secondary N) is 1. The topological polar surface area (TPSA) is 55.4 Å². The van der Waals surface area contributed by atoms with E-state index in [0.717, 1.165) is 12.8 Å². The summed E-state index contributed by atoms with van der Waals surface area (Å²) in [5.41, 5.74) is 1.21. The van der Waals surface area contributed by atoms with Gasteiger partial charge in [-0.3, -0.25) is 4.79 Å². The van der Waals surface area contributed by atoms with Crippen LogP contribution in [-0.4, -0.2) is 25.0 Å². The van der Waals surface area contributed by atoms with Gasteiger partial charge >= 0.3 is 5.97 Å². The van der Waals surface area contributed by atoms with E-state index in [1.165, 1.54) is 12.7 Å². The fourth-order valence-electron chi connectivity index (χ4n) is 1.65. The Balaban J connectivity index is 2.23. The van der Waals surface area contributed by atoms with Crippen molar-refractivity contribution in [3.8, 4) is 0 Å². The molecule has 0 aliphatic carbocycles. The molecule has 0 radical (unpaired) electrons. The third-order valence-corrected chi connectivity index (χ3v) is 2.64. The summed E-state index contributed by atoms with van der Waals surface area (Å²) in [6, 6.07) is 9.42. The zero-order chi connectivity index (χ0) is 13.4. The molecule has 0 aliphatic heterocycles. The molecule has 98 valence electrons. The monoisotopic (exact) mass is 249 g/mol. The standard InChI is InChI=1S/C14H19NO3/c1-11(14(17)18-2)15-13(16)10-6-9-12-7-4-3-5-8-12/h3-5,7-8,11H,6,9-10H2,1-2H3,(H,15,16)/t11-/m0/s1. The van der Waals surface area contributed by atoms with E-state index in [9.17, 15) is 9.59 Å². The van der Waals surface area contributed by atoms with Crippen LogP contribution in [0, 0.1) is 0 Å². The lowest BCUT2D eigenvalue weighted by atomic mass is 10.1. The summed E-state index contributed by atoms with van der Waals surface area (Å²) in [7, 11) is 1.31. The van der Waals surface area contributed by atoms with E-state index >= 15 is 0 Å². The molecular formula is C14H19NO3. The van der Waals surface area contributed by atoms with Crippen LogP contribution in [-0.2, 0) is 20.7 Å². The van der Waals surface area contributed by atoms with Gasteiger partial charge < -0.3 is 10.1 Å². The van der Waals surface area contributed by atoms with Crippen LogP contribution in [0.25, 0.3) is 0 Å². The van der Waals surface area contributed by atoms with Gasteiger partial charge in [0.1, 0.15) is 6.04 Å². The summed E-state index contributed by atoms with van der Waals surface area (Å²) in [5, 5.41) is 2.60. The van der Waals surface area contributed by atoms with Gasteiger partial charge in [0.25, 0.3) is 0 Å². The van der Waals surface area contributed by atoms with Crippen LogP contribution >= 0.6 is 0 Å². The summed E-state index contributed by atoms with van der Waals surface area (Å²) in [5.74, 6) is -0.546. The van der Waals surface area contributed by atoms with Crippen LogP contribution in [0.4, 0.5) is 0 Å². The molecule has 0 saturated carbocycles. The third kappa shape index (κ3) is 4.99. The van der Waals surface area contributed by atoms with Crippen molar-refractivity contribution in [3.05, 3.63) is 35.9 Å². The van der Waals surface area contributed by atoms with Gasteiger partial charge in [0.05, 0.1) is 7.11 Å². The Morgan fingerprint density at radius 2 is 1.94 bits per heavy atom. The van der Waals surface area contributed by atoms with Crippen molar-refractivity contribution < 1.29 is 14.3 Å². The number of aryl methyl sites for hydroxylation is 1. The van der Waals surface area contributed by atoms with Crippen LogP contribution in [0.2, 0.25) is 0 Å². The second-order valence-corrected chi connectivity index (χ2v) is 4.15. The molecule has 4 heteroatoms. The highest BCUT2D eigenvalue weighted by Crippen LogP contribution is 2.04. The number of hydrogen-bond acceptors (Lipinski definition) is 3. The number of carbonyl (C=O) groups is 2. The van der Waals surface area contributed by atoms with Crippen molar-refractivity contribution in [1.82, 2.24) is 5.32 Å². The zero-order valence-corrected chi connectivity index (χ0v) is 10.8. The minimum absolute atomic E-state index is 0.121. The van der Waals surface area contributed by atoms with E-state index in [1.54, 1.807) is 6.92 Å². The molecule has 1 aromatic rings. The van der Waals surface area contributed by atoms with Gasteiger partial charge in [-0.25, -0.2) is 4.79 Å². The van der Waals surface area contributed by atoms with E-state index in [2.05, 4.69) is 10.1 Å². The largest absolute Gasteiger partial charge is 0.467 e. The number of esters is 1. The highest BCUT2D eigenvalue weighted by Gasteiger charge is 2.15. The van der Waals surface area contributed by atoms with Crippen molar-refractivity contribution in [2.75, 3.05) is 7.11 Å². The molecule has 1 rings (SSSR count). The second-order valence-electron chi connectivity index (χ2n) is 4.15. The minimum Gasteiger partial charge on any atom is -0.467 e. The zero-order valence-electron chi connectivity index (χ0n) is 10.8. The van der Waals surface area contributed by atoms with Crippen LogP contribution < -0.4 is 5.32 Å². The Hall–Kier alpha value is -1.84. The lowest BCUT2D eigenvalue weighted by molar-refractivity contribution is -0.144. The number of methoxy groups -OCH3 is 1. The molecule has 1 amide bonds. The van der Waals surface area contributed by atoms with Crippen LogP contribution in [0.1, 0.15) is 25.3 Å². The molecule has 0 unspecified atom stereocenters. The predicted octanol–water partition coefficient (Wildman–Crippen LogP) is 1.69. The summed E-state index contributed by atoms with van der Waals surface area (Å²) >= 11 is 0. The molecule has 1 N–H and O–H groups in total. The molecule has 1 aromatic carbocycles. The number of hydrogen-bond donors (Lipinski definition) is 1.